The topological polar surface area (TPSA) is 49.4 Å². The second-order valence-corrected chi connectivity index (χ2v) is 4.15. The molecule has 0 spiro atoms. The first kappa shape index (κ1) is 12.0. The Balaban J connectivity index is 2.31. The normalized spacial score (nSPS) is 21.6. The van der Waals surface area contributed by atoms with E-state index in [0.29, 0.717) is 19.4 Å². The third-order valence-corrected chi connectivity index (χ3v) is 2.83. The zero-order valence-corrected chi connectivity index (χ0v) is 9.58. The fraction of sp³-hybridized carbons (Fsp3) is 0.818. The molecule has 15 heavy (non-hydrogen) atoms. The van der Waals surface area contributed by atoms with Crippen LogP contribution >= 0.6 is 0 Å². The number of rotatable bonds is 4. The Labute approximate surface area is 91.0 Å². The predicted octanol–water partition coefficient (Wildman–Crippen LogP) is 0.771. The van der Waals surface area contributed by atoms with Crippen molar-refractivity contribution in [1.29, 1.82) is 0 Å². The van der Waals surface area contributed by atoms with Crippen LogP contribution in [0.4, 0.5) is 0 Å². The number of likely N-dealkylation sites (tertiary alicyclic amines) is 1. The third-order valence-electron chi connectivity index (χ3n) is 2.83. The van der Waals surface area contributed by atoms with Crippen molar-refractivity contribution in [2.24, 2.45) is 5.92 Å². The number of hydrogen-bond donors (Lipinski definition) is 1. The van der Waals surface area contributed by atoms with E-state index in [2.05, 4.69) is 12.2 Å². The lowest BCUT2D eigenvalue weighted by Gasteiger charge is -2.28. The summed E-state index contributed by atoms with van der Waals surface area (Å²) in [5, 5.41) is 2.91. The summed E-state index contributed by atoms with van der Waals surface area (Å²) >= 11 is 0. The van der Waals surface area contributed by atoms with Crippen LogP contribution in [0.25, 0.3) is 0 Å². The predicted molar refractivity (Wildman–Crippen MR) is 58.3 cm³/mol. The minimum Gasteiger partial charge on any atom is -0.356 e. The molecule has 1 aliphatic heterocycles. The van der Waals surface area contributed by atoms with E-state index in [0.717, 1.165) is 19.4 Å². The van der Waals surface area contributed by atoms with Crippen LogP contribution < -0.4 is 5.32 Å². The molecule has 0 aliphatic carbocycles. The first-order valence-electron chi connectivity index (χ1n) is 5.66. The van der Waals surface area contributed by atoms with Crippen molar-refractivity contribution in [3.63, 3.8) is 0 Å². The molecule has 1 saturated heterocycles. The van der Waals surface area contributed by atoms with Gasteiger partial charge in [0.05, 0.1) is 5.92 Å². The van der Waals surface area contributed by atoms with Gasteiger partial charge in [0.25, 0.3) is 0 Å². The van der Waals surface area contributed by atoms with Crippen LogP contribution in [0, 0.1) is 5.92 Å². The molecule has 0 radical (unpaired) electrons. The van der Waals surface area contributed by atoms with Crippen LogP contribution in [0.5, 0.6) is 0 Å². The molecule has 0 bridgehead atoms. The zero-order valence-electron chi connectivity index (χ0n) is 9.58. The lowest BCUT2D eigenvalue weighted by molar-refractivity contribution is -0.136. The number of carbonyl (C=O) groups excluding carboxylic acids is 2. The smallest absolute Gasteiger partial charge is 0.224 e. The van der Waals surface area contributed by atoms with Gasteiger partial charge in [0.15, 0.2) is 0 Å². The Morgan fingerprint density at radius 2 is 2.33 bits per heavy atom. The maximum absolute atomic E-state index is 11.7. The number of nitrogens with one attached hydrogen (secondary N) is 1. The second kappa shape index (κ2) is 5.73. The highest BCUT2D eigenvalue weighted by Crippen LogP contribution is 2.16. The summed E-state index contributed by atoms with van der Waals surface area (Å²) in [7, 11) is 1.76. The summed E-state index contributed by atoms with van der Waals surface area (Å²) in [6, 6.07) is 0. The average molecular weight is 212 g/mol. The maximum atomic E-state index is 11.7. The molecular formula is C11H20N2O2. The van der Waals surface area contributed by atoms with Crippen molar-refractivity contribution >= 4 is 11.8 Å². The molecule has 2 amide bonds. The molecule has 1 aliphatic rings. The first-order valence-corrected chi connectivity index (χ1v) is 5.66. The number of hydrogen-bond acceptors (Lipinski definition) is 2. The molecule has 1 fully saturated rings. The van der Waals surface area contributed by atoms with E-state index >= 15 is 0 Å². The molecule has 1 atom stereocenters. The molecule has 0 aromatic rings. The summed E-state index contributed by atoms with van der Waals surface area (Å²) in [4.78, 5) is 24.5. The molecule has 0 aromatic heterocycles. The summed E-state index contributed by atoms with van der Waals surface area (Å²) in [5.41, 5.74) is 0. The lowest BCUT2D eigenvalue weighted by atomic mass is 9.97. The first-order chi connectivity index (χ1) is 7.15. The van der Waals surface area contributed by atoms with Crippen LogP contribution in [-0.4, -0.2) is 36.9 Å². The van der Waals surface area contributed by atoms with Gasteiger partial charge in [0, 0.05) is 26.6 Å². The van der Waals surface area contributed by atoms with E-state index in [1.165, 1.54) is 0 Å². The van der Waals surface area contributed by atoms with Gasteiger partial charge in [-0.15, -0.1) is 0 Å². The van der Waals surface area contributed by atoms with Crippen LogP contribution in [0.15, 0.2) is 0 Å². The molecule has 1 unspecified atom stereocenters. The van der Waals surface area contributed by atoms with Crippen LogP contribution in [0.1, 0.15) is 32.6 Å². The monoisotopic (exact) mass is 212 g/mol. The quantitative estimate of drug-likeness (QED) is 0.700. The van der Waals surface area contributed by atoms with E-state index in [4.69, 9.17) is 0 Å². The molecule has 86 valence electrons. The summed E-state index contributed by atoms with van der Waals surface area (Å²) < 4.78 is 0. The summed E-state index contributed by atoms with van der Waals surface area (Å²) in [5.74, 6) is 0.236. The number of piperidine rings is 1. The molecule has 4 heteroatoms. The molecule has 0 saturated carbocycles. The zero-order chi connectivity index (χ0) is 11.3. The van der Waals surface area contributed by atoms with Crippen molar-refractivity contribution in [1.82, 2.24) is 10.2 Å². The Morgan fingerprint density at radius 3 is 2.93 bits per heavy atom. The van der Waals surface area contributed by atoms with Gasteiger partial charge < -0.3 is 10.2 Å². The Kier molecular flexibility index (Phi) is 4.59. The van der Waals surface area contributed by atoms with Gasteiger partial charge in [-0.2, -0.15) is 0 Å². The van der Waals surface area contributed by atoms with Crippen molar-refractivity contribution < 1.29 is 9.59 Å². The number of unbranched alkanes of at least 4 members (excludes halogenated alkanes) is 1. The van der Waals surface area contributed by atoms with E-state index in [1.807, 2.05) is 0 Å². The SMILES string of the molecule is CCCCNC(=O)C1CCC(=O)N(C)C1. The molecule has 4 nitrogen and oxygen atoms in total. The largest absolute Gasteiger partial charge is 0.356 e. The molecule has 1 heterocycles. The third kappa shape index (κ3) is 3.53. The fourth-order valence-corrected chi connectivity index (χ4v) is 1.76. The van der Waals surface area contributed by atoms with Gasteiger partial charge in [-0.3, -0.25) is 9.59 Å². The van der Waals surface area contributed by atoms with Crippen molar-refractivity contribution in [3.05, 3.63) is 0 Å². The number of amides is 2. The van der Waals surface area contributed by atoms with Crippen molar-refractivity contribution in [2.75, 3.05) is 20.1 Å². The molecule has 0 aromatic carbocycles. The summed E-state index contributed by atoms with van der Waals surface area (Å²) in [6.45, 7) is 3.42. The highest BCUT2D eigenvalue weighted by molar-refractivity contribution is 5.83. The Bertz CT molecular complexity index is 241. The van der Waals surface area contributed by atoms with E-state index in [1.54, 1.807) is 11.9 Å². The minimum absolute atomic E-state index is 0.00967. The average Bonchev–Trinajstić information content (AvgIpc) is 2.22. The number of carbonyl (C=O) groups is 2. The highest BCUT2D eigenvalue weighted by Gasteiger charge is 2.27. The minimum atomic E-state index is -0.00967. The Morgan fingerprint density at radius 1 is 1.60 bits per heavy atom. The van der Waals surface area contributed by atoms with E-state index < -0.39 is 0 Å². The summed E-state index contributed by atoms with van der Waals surface area (Å²) in [6.07, 6.45) is 3.31. The van der Waals surface area contributed by atoms with Crippen LogP contribution in [0.3, 0.4) is 0 Å². The standard InChI is InChI=1S/C11H20N2O2/c1-3-4-7-12-11(15)9-5-6-10(14)13(2)8-9/h9H,3-8H2,1-2H3,(H,12,15). The van der Waals surface area contributed by atoms with Gasteiger partial charge in [0.2, 0.25) is 11.8 Å². The number of nitrogens with zero attached hydrogens (tertiary/aromatic N) is 1. The van der Waals surface area contributed by atoms with E-state index in [-0.39, 0.29) is 17.7 Å². The molecular weight excluding hydrogens is 192 g/mol. The van der Waals surface area contributed by atoms with Crippen LogP contribution in [-0.2, 0) is 9.59 Å². The van der Waals surface area contributed by atoms with Gasteiger partial charge in [0.1, 0.15) is 0 Å². The van der Waals surface area contributed by atoms with Gasteiger partial charge in [-0.1, -0.05) is 13.3 Å². The Hall–Kier alpha value is -1.06. The molecule has 1 N–H and O–H groups in total. The molecule has 1 rings (SSSR count). The van der Waals surface area contributed by atoms with Gasteiger partial charge >= 0.3 is 0 Å². The maximum Gasteiger partial charge on any atom is 0.224 e. The lowest BCUT2D eigenvalue weighted by Crippen LogP contribution is -2.44. The van der Waals surface area contributed by atoms with Gasteiger partial charge in [-0.05, 0) is 12.8 Å². The second-order valence-electron chi connectivity index (χ2n) is 4.15. The van der Waals surface area contributed by atoms with Gasteiger partial charge in [-0.25, -0.2) is 0 Å². The van der Waals surface area contributed by atoms with E-state index in [9.17, 15) is 9.59 Å². The highest BCUT2D eigenvalue weighted by atomic mass is 16.2. The van der Waals surface area contributed by atoms with Crippen molar-refractivity contribution in [2.45, 2.75) is 32.6 Å². The van der Waals surface area contributed by atoms with Crippen LogP contribution in [0.2, 0.25) is 0 Å². The fourth-order valence-electron chi connectivity index (χ4n) is 1.76. The van der Waals surface area contributed by atoms with Crippen molar-refractivity contribution in [3.8, 4) is 0 Å².